The lowest BCUT2D eigenvalue weighted by Crippen LogP contribution is -2.38. The molecule has 2 amide bonds. The Bertz CT molecular complexity index is 523. The Hall–Kier alpha value is -1.98. The van der Waals surface area contributed by atoms with Crippen LogP contribution in [0.15, 0.2) is 12.4 Å². The number of aromatic nitrogens is 2. The number of carbonyl (C=O) groups is 2. The van der Waals surface area contributed by atoms with Gasteiger partial charge in [-0.05, 0) is 25.7 Å². The zero-order valence-electron chi connectivity index (χ0n) is 13.5. The number of nitrogens with zero attached hydrogens (tertiary/aromatic N) is 3. The Morgan fingerprint density at radius 1 is 1.32 bits per heavy atom. The number of aryl methyl sites for hydroxylation is 1. The maximum absolute atomic E-state index is 12.5. The van der Waals surface area contributed by atoms with Gasteiger partial charge in [-0.2, -0.15) is 0 Å². The molecule has 120 valence electrons. The summed E-state index contributed by atoms with van der Waals surface area (Å²) in [4.78, 5) is 34.3. The van der Waals surface area contributed by atoms with Crippen LogP contribution in [0.2, 0.25) is 0 Å². The van der Waals surface area contributed by atoms with Crippen LogP contribution in [0.25, 0.3) is 0 Å². The van der Waals surface area contributed by atoms with Crippen LogP contribution < -0.4 is 5.32 Å². The average Bonchev–Trinajstić information content (AvgIpc) is 3.27. The van der Waals surface area contributed by atoms with Crippen molar-refractivity contribution in [3.8, 4) is 0 Å². The second-order valence-corrected chi connectivity index (χ2v) is 6.28. The smallest absolute Gasteiger partial charge is 0.274 e. The molecule has 1 aliphatic carbocycles. The van der Waals surface area contributed by atoms with Crippen molar-refractivity contribution >= 4 is 11.8 Å². The zero-order chi connectivity index (χ0) is 16.1. The van der Waals surface area contributed by atoms with Gasteiger partial charge in [-0.3, -0.25) is 14.6 Å². The van der Waals surface area contributed by atoms with Crippen LogP contribution in [-0.4, -0.2) is 45.8 Å². The van der Waals surface area contributed by atoms with Gasteiger partial charge >= 0.3 is 0 Å². The van der Waals surface area contributed by atoms with Gasteiger partial charge in [0.05, 0.1) is 11.9 Å². The third-order valence-corrected chi connectivity index (χ3v) is 3.42. The summed E-state index contributed by atoms with van der Waals surface area (Å²) in [6.07, 6.45) is 5.54. The first-order valence-electron chi connectivity index (χ1n) is 7.83. The van der Waals surface area contributed by atoms with Crippen LogP contribution in [-0.2, 0) is 4.79 Å². The lowest BCUT2D eigenvalue weighted by Gasteiger charge is -2.24. The van der Waals surface area contributed by atoms with Gasteiger partial charge in [-0.15, -0.1) is 0 Å². The Balaban J connectivity index is 1.96. The van der Waals surface area contributed by atoms with E-state index in [2.05, 4.69) is 15.3 Å². The molecule has 0 unspecified atom stereocenters. The van der Waals surface area contributed by atoms with E-state index in [1.54, 1.807) is 11.1 Å². The highest BCUT2D eigenvalue weighted by Crippen LogP contribution is 2.18. The topological polar surface area (TPSA) is 75.2 Å². The Morgan fingerprint density at radius 3 is 2.59 bits per heavy atom. The number of amides is 2. The Labute approximate surface area is 131 Å². The average molecular weight is 304 g/mol. The van der Waals surface area contributed by atoms with Crippen LogP contribution >= 0.6 is 0 Å². The fourth-order valence-electron chi connectivity index (χ4n) is 2.15. The molecule has 6 heteroatoms. The van der Waals surface area contributed by atoms with E-state index in [0.717, 1.165) is 18.5 Å². The van der Waals surface area contributed by atoms with Crippen LogP contribution in [0.3, 0.4) is 0 Å². The molecule has 0 radical (unpaired) electrons. The highest BCUT2D eigenvalue weighted by atomic mass is 16.2. The SMILES string of the molecule is Cc1cnc(C(=O)N(CCC(=O)NC2CC2)CC(C)C)cn1. The first-order valence-corrected chi connectivity index (χ1v) is 7.83. The lowest BCUT2D eigenvalue weighted by atomic mass is 10.2. The van der Waals surface area contributed by atoms with Gasteiger partial charge in [0, 0.05) is 31.7 Å². The number of rotatable bonds is 7. The Morgan fingerprint density at radius 2 is 2.05 bits per heavy atom. The second-order valence-electron chi connectivity index (χ2n) is 6.28. The first-order chi connectivity index (χ1) is 10.5. The number of hydrogen-bond donors (Lipinski definition) is 1. The van der Waals surface area contributed by atoms with E-state index >= 15 is 0 Å². The van der Waals surface area contributed by atoms with Crippen molar-refractivity contribution in [2.24, 2.45) is 5.92 Å². The summed E-state index contributed by atoms with van der Waals surface area (Å²) in [7, 11) is 0. The van der Waals surface area contributed by atoms with Gasteiger partial charge in [0.1, 0.15) is 5.69 Å². The van der Waals surface area contributed by atoms with Gasteiger partial charge in [0.2, 0.25) is 5.91 Å². The Kier molecular flexibility index (Phi) is 5.46. The van der Waals surface area contributed by atoms with E-state index in [9.17, 15) is 9.59 Å². The molecule has 6 nitrogen and oxygen atoms in total. The lowest BCUT2D eigenvalue weighted by molar-refractivity contribution is -0.121. The highest BCUT2D eigenvalue weighted by molar-refractivity contribution is 5.92. The van der Waals surface area contributed by atoms with E-state index in [0.29, 0.717) is 37.2 Å². The summed E-state index contributed by atoms with van der Waals surface area (Å²) in [6.45, 7) is 6.93. The summed E-state index contributed by atoms with van der Waals surface area (Å²) >= 11 is 0. The molecule has 0 atom stereocenters. The fourth-order valence-corrected chi connectivity index (χ4v) is 2.15. The molecule has 1 aromatic heterocycles. The summed E-state index contributed by atoms with van der Waals surface area (Å²) in [5.41, 5.74) is 1.10. The van der Waals surface area contributed by atoms with Gasteiger partial charge < -0.3 is 10.2 Å². The van der Waals surface area contributed by atoms with Gasteiger partial charge in [0.15, 0.2) is 0 Å². The molecule has 1 aliphatic rings. The van der Waals surface area contributed by atoms with Crippen LogP contribution in [0.1, 0.15) is 49.3 Å². The molecule has 2 rings (SSSR count). The molecule has 1 aromatic rings. The third kappa shape index (κ3) is 5.09. The molecule has 22 heavy (non-hydrogen) atoms. The minimum Gasteiger partial charge on any atom is -0.353 e. The van der Waals surface area contributed by atoms with Crippen molar-refractivity contribution in [3.05, 3.63) is 23.8 Å². The standard InChI is InChI=1S/C16H24N4O2/c1-11(2)10-20(7-6-15(21)19-13-4-5-13)16(22)14-9-17-12(3)8-18-14/h8-9,11,13H,4-7,10H2,1-3H3,(H,19,21). The van der Waals surface area contributed by atoms with E-state index in [1.165, 1.54) is 6.20 Å². The molecule has 0 saturated heterocycles. The summed E-state index contributed by atoms with van der Waals surface area (Å²) in [5, 5.41) is 2.94. The van der Waals surface area contributed by atoms with Crippen LogP contribution in [0, 0.1) is 12.8 Å². The first kappa shape index (κ1) is 16.4. The van der Waals surface area contributed by atoms with Gasteiger partial charge in [0.25, 0.3) is 5.91 Å². The molecule has 1 heterocycles. The molecular weight excluding hydrogens is 280 g/mol. The van der Waals surface area contributed by atoms with E-state index < -0.39 is 0 Å². The van der Waals surface area contributed by atoms with Crippen molar-refractivity contribution in [1.29, 1.82) is 0 Å². The summed E-state index contributed by atoms with van der Waals surface area (Å²) in [5.74, 6) is 0.174. The van der Waals surface area contributed by atoms with Crippen molar-refractivity contribution in [3.63, 3.8) is 0 Å². The molecule has 0 spiro atoms. The largest absolute Gasteiger partial charge is 0.353 e. The van der Waals surface area contributed by atoms with E-state index in [4.69, 9.17) is 0 Å². The molecule has 1 fully saturated rings. The van der Waals surface area contributed by atoms with Crippen molar-refractivity contribution in [2.75, 3.05) is 13.1 Å². The maximum atomic E-state index is 12.5. The molecule has 0 bridgehead atoms. The molecular formula is C16H24N4O2. The number of carbonyl (C=O) groups excluding carboxylic acids is 2. The van der Waals surface area contributed by atoms with Crippen LogP contribution in [0.4, 0.5) is 0 Å². The van der Waals surface area contributed by atoms with Crippen molar-refractivity contribution in [2.45, 2.75) is 46.1 Å². The zero-order valence-corrected chi connectivity index (χ0v) is 13.5. The van der Waals surface area contributed by atoms with E-state index in [-0.39, 0.29) is 11.8 Å². The fraction of sp³-hybridized carbons (Fsp3) is 0.625. The minimum absolute atomic E-state index is 0.0130. The second kappa shape index (κ2) is 7.33. The molecule has 0 aliphatic heterocycles. The van der Waals surface area contributed by atoms with Gasteiger partial charge in [-0.25, -0.2) is 4.98 Å². The van der Waals surface area contributed by atoms with Gasteiger partial charge in [-0.1, -0.05) is 13.8 Å². The normalized spacial score (nSPS) is 14.0. The summed E-state index contributed by atoms with van der Waals surface area (Å²) < 4.78 is 0. The van der Waals surface area contributed by atoms with Crippen molar-refractivity contribution < 1.29 is 9.59 Å². The number of nitrogens with one attached hydrogen (secondary N) is 1. The third-order valence-electron chi connectivity index (χ3n) is 3.42. The van der Waals surface area contributed by atoms with E-state index in [1.807, 2.05) is 20.8 Å². The monoisotopic (exact) mass is 304 g/mol. The molecule has 1 saturated carbocycles. The highest BCUT2D eigenvalue weighted by Gasteiger charge is 2.24. The quantitative estimate of drug-likeness (QED) is 0.829. The number of hydrogen-bond acceptors (Lipinski definition) is 4. The predicted octanol–water partition coefficient (Wildman–Crippen LogP) is 1.55. The molecule has 0 aromatic carbocycles. The minimum atomic E-state index is -0.166. The molecule has 1 N–H and O–H groups in total. The van der Waals surface area contributed by atoms with Crippen molar-refractivity contribution in [1.82, 2.24) is 20.2 Å². The predicted molar refractivity (Wildman–Crippen MR) is 83.3 cm³/mol. The van der Waals surface area contributed by atoms with Crippen LogP contribution in [0.5, 0.6) is 0 Å². The summed E-state index contributed by atoms with van der Waals surface area (Å²) in [6, 6.07) is 0.352. The maximum Gasteiger partial charge on any atom is 0.274 e.